The van der Waals surface area contributed by atoms with Crippen LogP contribution in [0.1, 0.15) is 42.9 Å². The Hall–Kier alpha value is -1.06. The van der Waals surface area contributed by atoms with Gasteiger partial charge in [-0.2, -0.15) is 0 Å². The first-order valence-corrected chi connectivity index (χ1v) is 8.01. The molecule has 2 unspecified atom stereocenters. The fraction of sp³-hybridized carbons (Fsp3) is 0.647. The highest BCUT2D eigenvalue weighted by atomic mass is 16.5. The maximum absolute atomic E-state index is 6.11. The predicted octanol–water partition coefficient (Wildman–Crippen LogP) is 2.84. The number of fused-ring (bicyclic) bond motifs is 1. The average Bonchev–Trinajstić information content (AvgIpc) is 3.20. The fourth-order valence-electron chi connectivity index (χ4n) is 3.41. The minimum Gasteiger partial charge on any atom is -0.493 e. The van der Waals surface area contributed by atoms with Crippen molar-refractivity contribution in [1.29, 1.82) is 0 Å². The molecule has 20 heavy (non-hydrogen) atoms. The van der Waals surface area contributed by atoms with Crippen LogP contribution in [0.25, 0.3) is 0 Å². The summed E-state index contributed by atoms with van der Waals surface area (Å²) in [5.74, 6) is 1.68. The molecule has 1 aromatic carbocycles. The van der Waals surface area contributed by atoms with Gasteiger partial charge >= 0.3 is 0 Å². The lowest BCUT2D eigenvalue weighted by Gasteiger charge is -2.32. The Morgan fingerprint density at radius 1 is 1.15 bits per heavy atom. The SMILES string of the molecule is c1cc2c(cc1C1OCCCC1CNC1CC1)CCO2. The Balaban J connectivity index is 1.51. The second kappa shape index (κ2) is 5.38. The summed E-state index contributed by atoms with van der Waals surface area (Å²) in [6.45, 7) is 2.83. The van der Waals surface area contributed by atoms with Crippen LogP contribution in [0.4, 0.5) is 0 Å². The quantitative estimate of drug-likeness (QED) is 0.915. The molecule has 1 saturated carbocycles. The molecule has 0 spiro atoms. The second-order valence-electron chi connectivity index (χ2n) is 6.34. The van der Waals surface area contributed by atoms with Gasteiger partial charge in [-0.05, 0) is 48.9 Å². The largest absolute Gasteiger partial charge is 0.493 e. The van der Waals surface area contributed by atoms with Crippen LogP contribution in [-0.2, 0) is 11.2 Å². The molecule has 3 aliphatic rings. The molecular formula is C17H23NO2. The van der Waals surface area contributed by atoms with Gasteiger partial charge in [0.25, 0.3) is 0 Å². The van der Waals surface area contributed by atoms with E-state index in [1.807, 2.05) is 0 Å². The lowest BCUT2D eigenvalue weighted by Crippen LogP contribution is -2.32. The van der Waals surface area contributed by atoms with Crippen molar-refractivity contribution in [2.24, 2.45) is 5.92 Å². The predicted molar refractivity (Wildman–Crippen MR) is 78.1 cm³/mol. The summed E-state index contributed by atoms with van der Waals surface area (Å²) in [7, 11) is 0. The monoisotopic (exact) mass is 273 g/mol. The third-order valence-electron chi connectivity index (χ3n) is 4.73. The number of ether oxygens (including phenoxy) is 2. The zero-order chi connectivity index (χ0) is 13.4. The molecule has 0 amide bonds. The van der Waals surface area contributed by atoms with Gasteiger partial charge in [0.05, 0.1) is 12.7 Å². The Morgan fingerprint density at radius 3 is 3.00 bits per heavy atom. The normalized spacial score (nSPS) is 29.0. The molecule has 1 aliphatic carbocycles. The number of rotatable bonds is 4. The van der Waals surface area contributed by atoms with Crippen molar-refractivity contribution in [3.8, 4) is 5.75 Å². The Kier molecular flexibility index (Phi) is 3.41. The number of benzene rings is 1. The topological polar surface area (TPSA) is 30.5 Å². The van der Waals surface area contributed by atoms with Crippen LogP contribution in [0, 0.1) is 5.92 Å². The molecule has 1 N–H and O–H groups in total. The number of nitrogens with one attached hydrogen (secondary N) is 1. The lowest BCUT2D eigenvalue weighted by molar-refractivity contribution is -0.0278. The third kappa shape index (κ3) is 2.57. The Bertz CT molecular complexity index is 484. The molecule has 0 radical (unpaired) electrons. The van der Waals surface area contributed by atoms with Crippen molar-refractivity contribution in [3.05, 3.63) is 29.3 Å². The molecule has 3 nitrogen and oxygen atoms in total. The Morgan fingerprint density at radius 2 is 2.10 bits per heavy atom. The first-order valence-electron chi connectivity index (χ1n) is 8.01. The van der Waals surface area contributed by atoms with E-state index in [0.29, 0.717) is 5.92 Å². The van der Waals surface area contributed by atoms with E-state index in [0.717, 1.165) is 38.0 Å². The molecule has 2 fully saturated rings. The first-order chi connectivity index (χ1) is 9.90. The maximum Gasteiger partial charge on any atom is 0.122 e. The van der Waals surface area contributed by atoms with Crippen LogP contribution in [0.2, 0.25) is 0 Å². The van der Waals surface area contributed by atoms with Crippen LogP contribution >= 0.6 is 0 Å². The van der Waals surface area contributed by atoms with E-state index >= 15 is 0 Å². The molecule has 2 atom stereocenters. The summed E-state index contributed by atoms with van der Waals surface area (Å²) >= 11 is 0. The summed E-state index contributed by atoms with van der Waals surface area (Å²) in [5.41, 5.74) is 2.70. The van der Waals surface area contributed by atoms with E-state index in [-0.39, 0.29) is 6.10 Å². The number of hydrogen-bond donors (Lipinski definition) is 1. The van der Waals surface area contributed by atoms with E-state index in [1.54, 1.807) is 0 Å². The summed E-state index contributed by atoms with van der Waals surface area (Å²) in [6, 6.07) is 7.42. The molecule has 108 valence electrons. The van der Waals surface area contributed by atoms with E-state index < -0.39 is 0 Å². The first kappa shape index (κ1) is 12.7. The number of hydrogen-bond acceptors (Lipinski definition) is 3. The van der Waals surface area contributed by atoms with Gasteiger partial charge in [0.1, 0.15) is 5.75 Å². The van der Waals surface area contributed by atoms with Gasteiger partial charge in [-0.15, -0.1) is 0 Å². The summed E-state index contributed by atoms with van der Waals surface area (Å²) < 4.78 is 11.7. The van der Waals surface area contributed by atoms with Crippen molar-refractivity contribution in [1.82, 2.24) is 5.32 Å². The molecule has 2 heterocycles. The molecule has 0 bridgehead atoms. The van der Waals surface area contributed by atoms with E-state index in [9.17, 15) is 0 Å². The maximum atomic E-state index is 6.11. The van der Waals surface area contributed by atoms with Crippen LogP contribution in [0.5, 0.6) is 5.75 Å². The minimum atomic E-state index is 0.265. The molecule has 1 saturated heterocycles. The highest BCUT2D eigenvalue weighted by Gasteiger charge is 2.30. The molecule has 1 aromatic rings. The van der Waals surface area contributed by atoms with Gasteiger partial charge in [-0.25, -0.2) is 0 Å². The molecular weight excluding hydrogens is 250 g/mol. The van der Waals surface area contributed by atoms with Crippen molar-refractivity contribution in [2.75, 3.05) is 19.8 Å². The van der Waals surface area contributed by atoms with Gasteiger partial charge < -0.3 is 14.8 Å². The zero-order valence-electron chi connectivity index (χ0n) is 11.9. The van der Waals surface area contributed by atoms with Crippen LogP contribution < -0.4 is 10.1 Å². The highest BCUT2D eigenvalue weighted by Crippen LogP contribution is 2.37. The molecule has 3 heteroatoms. The molecule has 0 aromatic heterocycles. The van der Waals surface area contributed by atoms with E-state index in [2.05, 4.69) is 23.5 Å². The second-order valence-corrected chi connectivity index (χ2v) is 6.34. The summed E-state index contributed by atoms with van der Waals surface area (Å²) in [6.07, 6.45) is 6.49. The standard InChI is InChI=1S/C17H23NO2/c1-2-14(11-18-15-4-5-15)17(20-8-1)13-3-6-16-12(10-13)7-9-19-16/h3,6,10,14-15,17-18H,1-2,4-5,7-9,11H2. The van der Waals surface area contributed by atoms with Gasteiger partial charge in [-0.1, -0.05) is 6.07 Å². The van der Waals surface area contributed by atoms with E-state index in [1.165, 1.54) is 36.8 Å². The van der Waals surface area contributed by atoms with Crippen molar-refractivity contribution < 1.29 is 9.47 Å². The van der Waals surface area contributed by atoms with Crippen molar-refractivity contribution in [2.45, 2.75) is 44.2 Å². The van der Waals surface area contributed by atoms with Crippen molar-refractivity contribution >= 4 is 0 Å². The lowest BCUT2D eigenvalue weighted by atomic mass is 9.88. The highest BCUT2D eigenvalue weighted by molar-refractivity contribution is 5.40. The average molecular weight is 273 g/mol. The Labute approximate surface area is 120 Å². The van der Waals surface area contributed by atoms with Crippen LogP contribution in [-0.4, -0.2) is 25.8 Å². The van der Waals surface area contributed by atoms with Gasteiger partial charge in [0, 0.05) is 31.5 Å². The molecule has 4 rings (SSSR count). The van der Waals surface area contributed by atoms with Gasteiger partial charge in [0.15, 0.2) is 0 Å². The van der Waals surface area contributed by atoms with Crippen LogP contribution in [0.15, 0.2) is 18.2 Å². The van der Waals surface area contributed by atoms with Gasteiger partial charge in [-0.3, -0.25) is 0 Å². The van der Waals surface area contributed by atoms with Crippen LogP contribution in [0.3, 0.4) is 0 Å². The zero-order valence-corrected chi connectivity index (χ0v) is 11.9. The minimum absolute atomic E-state index is 0.265. The smallest absolute Gasteiger partial charge is 0.122 e. The van der Waals surface area contributed by atoms with Gasteiger partial charge in [0.2, 0.25) is 0 Å². The fourth-order valence-corrected chi connectivity index (χ4v) is 3.41. The summed E-state index contributed by atoms with van der Waals surface area (Å²) in [4.78, 5) is 0. The van der Waals surface area contributed by atoms with Crippen molar-refractivity contribution in [3.63, 3.8) is 0 Å². The summed E-state index contributed by atoms with van der Waals surface area (Å²) in [5, 5.41) is 3.67. The third-order valence-corrected chi connectivity index (χ3v) is 4.73. The molecule has 2 aliphatic heterocycles. The van der Waals surface area contributed by atoms with E-state index in [4.69, 9.17) is 9.47 Å².